The van der Waals surface area contributed by atoms with Gasteiger partial charge in [-0.15, -0.1) is 0 Å². The Kier molecular flexibility index (Phi) is 4.52. The average Bonchev–Trinajstić information content (AvgIpc) is 2.41. The highest BCUT2D eigenvalue weighted by Crippen LogP contribution is 2.28. The monoisotopic (exact) mass is 389 g/mol. The molecule has 1 aromatic carbocycles. The van der Waals surface area contributed by atoms with Crippen molar-refractivity contribution < 1.29 is 8.78 Å². The van der Waals surface area contributed by atoms with Crippen LogP contribution in [0.3, 0.4) is 0 Å². The van der Waals surface area contributed by atoms with Gasteiger partial charge in [-0.05, 0) is 34.6 Å². The molecule has 0 atom stereocenters. The quantitative estimate of drug-likeness (QED) is 0.793. The SMILES string of the molecule is CC(C)c1nc(-c2cccc(C(F)F)c2)nc(N)c1I. The fourth-order valence-electron chi connectivity index (χ4n) is 1.81. The van der Waals surface area contributed by atoms with Crippen LogP contribution in [0.1, 0.15) is 37.4 Å². The maximum absolute atomic E-state index is 12.7. The van der Waals surface area contributed by atoms with E-state index >= 15 is 0 Å². The van der Waals surface area contributed by atoms with Crippen molar-refractivity contribution in [2.45, 2.75) is 26.2 Å². The van der Waals surface area contributed by atoms with Gasteiger partial charge in [0.15, 0.2) is 5.82 Å². The third-order valence-corrected chi connectivity index (χ3v) is 3.95. The van der Waals surface area contributed by atoms with Crippen molar-refractivity contribution in [3.05, 3.63) is 39.1 Å². The van der Waals surface area contributed by atoms with Crippen LogP contribution in [-0.2, 0) is 0 Å². The van der Waals surface area contributed by atoms with E-state index in [4.69, 9.17) is 5.73 Å². The highest BCUT2D eigenvalue weighted by Gasteiger charge is 2.15. The van der Waals surface area contributed by atoms with Gasteiger partial charge in [0.05, 0.1) is 9.26 Å². The molecule has 2 N–H and O–H groups in total. The molecule has 0 fully saturated rings. The lowest BCUT2D eigenvalue weighted by molar-refractivity contribution is 0.151. The molecule has 1 aromatic heterocycles. The Morgan fingerprint density at radius 1 is 1.20 bits per heavy atom. The second-order valence-corrected chi connectivity index (χ2v) is 5.79. The largest absolute Gasteiger partial charge is 0.383 e. The molecule has 3 nitrogen and oxygen atoms in total. The van der Waals surface area contributed by atoms with E-state index < -0.39 is 6.43 Å². The number of anilines is 1. The van der Waals surface area contributed by atoms with Crippen LogP contribution in [-0.4, -0.2) is 9.97 Å². The standard InChI is InChI=1S/C14H14F2IN3/c1-7(2)11-10(17)13(18)20-14(19-11)9-5-3-4-8(6-9)12(15)16/h3-7,12H,1-2H3,(H2,18,19,20). The summed E-state index contributed by atoms with van der Waals surface area (Å²) < 4.78 is 26.3. The fourth-order valence-corrected chi connectivity index (χ4v) is 2.67. The van der Waals surface area contributed by atoms with Crippen LogP contribution in [0.15, 0.2) is 24.3 Å². The Hall–Kier alpha value is -1.31. The molecule has 0 amide bonds. The Morgan fingerprint density at radius 3 is 2.50 bits per heavy atom. The van der Waals surface area contributed by atoms with Crippen molar-refractivity contribution in [1.82, 2.24) is 9.97 Å². The summed E-state index contributed by atoms with van der Waals surface area (Å²) in [5, 5.41) is 0. The van der Waals surface area contributed by atoms with Gasteiger partial charge >= 0.3 is 0 Å². The summed E-state index contributed by atoms with van der Waals surface area (Å²) in [6.07, 6.45) is -2.51. The van der Waals surface area contributed by atoms with Crippen LogP contribution in [0.4, 0.5) is 14.6 Å². The number of benzene rings is 1. The number of hydrogen-bond donors (Lipinski definition) is 1. The van der Waals surface area contributed by atoms with Gasteiger partial charge in [-0.25, -0.2) is 18.7 Å². The van der Waals surface area contributed by atoms with Gasteiger partial charge in [-0.3, -0.25) is 0 Å². The molecule has 6 heteroatoms. The first kappa shape index (κ1) is 15.1. The molecule has 2 rings (SSSR count). The van der Waals surface area contributed by atoms with Crippen LogP contribution >= 0.6 is 22.6 Å². The number of aromatic nitrogens is 2. The highest BCUT2D eigenvalue weighted by atomic mass is 127. The van der Waals surface area contributed by atoms with Crippen molar-refractivity contribution in [2.75, 3.05) is 5.73 Å². The first-order valence-corrected chi connectivity index (χ1v) is 7.19. The third-order valence-electron chi connectivity index (χ3n) is 2.85. The summed E-state index contributed by atoms with van der Waals surface area (Å²) in [5.74, 6) is 0.945. The van der Waals surface area contributed by atoms with Crippen LogP contribution in [0.5, 0.6) is 0 Å². The molecule has 0 aliphatic carbocycles. The number of hydrogen-bond acceptors (Lipinski definition) is 3. The zero-order valence-electron chi connectivity index (χ0n) is 11.1. The van der Waals surface area contributed by atoms with Gasteiger partial charge in [-0.2, -0.15) is 0 Å². The summed E-state index contributed by atoms with van der Waals surface area (Å²) in [6, 6.07) is 6.06. The number of rotatable bonds is 3. The first-order valence-electron chi connectivity index (χ1n) is 6.11. The van der Waals surface area contributed by atoms with E-state index in [-0.39, 0.29) is 11.5 Å². The Morgan fingerprint density at radius 2 is 1.90 bits per heavy atom. The van der Waals surface area contributed by atoms with Gasteiger partial charge < -0.3 is 5.73 Å². The Bertz CT molecular complexity index is 630. The molecule has 0 saturated heterocycles. The van der Waals surface area contributed by atoms with E-state index in [1.807, 2.05) is 13.8 Å². The third kappa shape index (κ3) is 3.05. The van der Waals surface area contributed by atoms with Gasteiger partial charge in [-0.1, -0.05) is 32.0 Å². The smallest absolute Gasteiger partial charge is 0.263 e. The van der Waals surface area contributed by atoms with E-state index in [0.29, 0.717) is 17.2 Å². The summed E-state index contributed by atoms with van der Waals surface area (Å²) >= 11 is 2.10. The first-order chi connectivity index (χ1) is 9.40. The van der Waals surface area contributed by atoms with Crippen molar-refractivity contribution in [1.29, 1.82) is 0 Å². The van der Waals surface area contributed by atoms with E-state index in [9.17, 15) is 8.78 Å². The van der Waals surface area contributed by atoms with Crippen LogP contribution in [0.2, 0.25) is 0 Å². The lowest BCUT2D eigenvalue weighted by atomic mass is 10.1. The predicted molar refractivity (Wildman–Crippen MR) is 83.6 cm³/mol. The lowest BCUT2D eigenvalue weighted by Crippen LogP contribution is -2.06. The molecule has 0 radical (unpaired) electrons. The fraction of sp³-hybridized carbons (Fsp3) is 0.286. The summed E-state index contributed by atoms with van der Waals surface area (Å²) in [7, 11) is 0. The molecule has 0 saturated carbocycles. The van der Waals surface area contributed by atoms with Gasteiger partial charge in [0.25, 0.3) is 6.43 Å². The minimum absolute atomic E-state index is 0.0469. The number of nitrogen functional groups attached to an aromatic ring is 1. The lowest BCUT2D eigenvalue weighted by Gasteiger charge is -2.12. The molecule has 0 spiro atoms. The summed E-state index contributed by atoms with van der Waals surface area (Å²) in [6.45, 7) is 4.01. The van der Waals surface area contributed by atoms with Crippen molar-refractivity contribution >= 4 is 28.4 Å². The zero-order valence-corrected chi connectivity index (χ0v) is 13.2. The van der Waals surface area contributed by atoms with E-state index in [0.717, 1.165) is 9.26 Å². The Balaban J connectivity index is 2.55. The highest BCUT2D eigenvalue weighted by molar-refractivity contribution is 14.1. The summed E-state index contributed by atoms with van der Waals surface area (Å²) in [5.41, 5.74) is 7.22. The number of nitrogens with zero attached hydrogens (tertiary/aromatic N) is 2. The molecule has 106 valence electrons. The minimum atomic E-state index is -2.51. The van der Waals surface area contributed by atoms with Crippen LogP contribution in [0.25, 0.3) is 11.4 Å². The predicted octanol–water partition coefficient (Wildman–Crippen LogP) is 4.39. The average molecular weight is 389 g/mol. The molecule has 2 aromatic rings. The number of alkyl halides is 2. The van der Waals surface area contributed by atoms with Gasteiger partial charge in [0.2, 0.25) is 0 Å². The number of halogens is 3. The molecule has 1 heterocycles. The van der Waals surface area contributed by atoms with Crippen LogP contribution in [0, 0.1) is 3.57 Å². The van der Waals surface area contributed by atoms with Crippen LogP contribution < -0.4 is 5.73 Å². The Labute approximate surface area is 129 Å². The second-order valence-electron chi connectivity index (χ2n) is 4.71. The normalized spacial score (nSPS) is 11.3. The molecular formula is C14H14F2IN3. The molecule has 0 aliphatic rings. The maximum Gasteiger partial charge on any atom is 0.263 e. The van der Waals surface area contributed by atoms with Gasteiger partial charge in [0.1, 0.15) is 5.82 Å². The maximum atomic E-state index is 12.7. The van der Waals surface area contributed by atoms with E-state index in [2.05, 4.69) is 32.6 Å². The molecule has 0 aliphatic heterocycles. The second kappa shape index (κ2) is 5.99. The minimum Gasteiger partial charge on any atom is -0.383 e. The molecule has 20 heavy (non-hydrogen) atoms. The molecule has 0 bridgehead atoms. The van der Waals surface area contributed by atoms with Crippen molar-refractivity contribution in [2.24, 2.45) is 0 Å². The number of nitrogens with two attached hydrogens (primary N) is 1. The zero-order chi connectivity index (χ0) is 14.9. The van der Waals surface area contributed by atoms with E-state index in [1.165, 1.54) is 12.1 Å². The summed E-state index contributed by atoms with van der Waals surface area (Å²) in [4.78, 5) is 8.66. The van der Waals surface area contributed by atoms with Crippen molar-refractivity contribution in [3.8, 4) is 11.4 Å². The topological polar surface area (TPSA) is 51.8 Å². The van der Waals surface area contributed by atoms with Gasteiger partial charge in [0, 0.05) is 11.1 Å². The van der Waals surface area contributed by atoms with E-state index in [1.54, 1.807) is 12.1 Å². The molecular weight excluding hydrogens is 375 g/mol. The van der Waals surface area contributed by atoms with Crippen molar-refractivity contribution in [3.63, 3.8) is 0 Å². The molecule has 0 unspecified atom stereocenters.